The molecule has 2 aromatic rings. The van der Waals surface area contributed by atoms with E-state index in [9.17, 15) is 4.39 Å². The van der Waals surface area contributed by atoms with Crippen LogP contribution in [0.2, 0.25) is 0 Å². The van der Waals surface area contributed by atoms with Crippen LogP contribution in [0.5, 0.6) is 5.75 Å². The molecule has 0 saturated carbocycles. The zero-order valence-corrected chi connectivity index (χ0v) is 16.0. The lowest BCUT2D eigenvalue weighted by Crippen LogP contribution is -2.15. The number of hydrogen-bond donors (Lipinski definition) is 1. The summed E-state index contributed by atoms with van der Waals surface area (Å²) in [5.41, 5.74) is 2.00. The number of rotatable bonds is 10. The third kappa shape index (κ3) is 6.26. The van der Waals surface area contributed by atoms with E-state index in [1.807, 2.05) is 6.07 Å². The fourth-order valence-corrected chi connectivity index (χ4v) is 2.44. The fraction of sp³-hybridized carbons (Fsp3) is 0.500. The third-order valence-corrected chi connectivity index (χ3v) is 3.88. The average Bonchev–Trinajstić information content (AvgIpc) is 2.61. The van der Waals surface area contributed by atoms with Crippen molar-refractivity contribution in [3.8, 4) is 5.75 Å². The molecule has 6 heteroatoms. The smallest absolute Gasteiger partial charge is 0.222 e. The van der Waals surface area contributed by atoms with Gasteiger partial charge in [0.1, 0.15) is 18.2 Å². The molecule has 1 N–H and O–H groups in total. The molecule has 0 unspecified atom stereocenters. The molecule has 0 radical (unpaired) electrons. The van der Waals surface area contributed by atoms with Gasteiger partial charge >= 0.3 is 0 Å². The standard InChI is InChI=1S/C20H28FN3O2/c1-14(2)17-6-5-16(21)13-19(17)26-12-11-25-10-9-23-20-22-8-7-18(24-20)15(3)4/h5-8,13-15H,9-12H2,1-4H3,(H,22,23,24). The molecule has 0 amide bonds. The maximum absolute atomic E-state index is 13.4. The first kappa shape index (κ1) is 20.1. The Morgan fingerprint density at radius 2 is 1.85 bits per heavy atom. The number of aromatic nitrogens is 2. The molecular formula is C20H28FN3O2. The van der Waals surface area contributed by atoms with E-state index >= 15 is 0 Å². The van der Waals surface area contributed by atoms with Crippen molar-refractivity contribution in [2.24, 2.45) is 0 Å². The molecule has 0 aliphatic heterocycles. The van der Waals surface area contributed by atoms with Crippen LogP contribution in [0.25, 0.3) is 0 Å². The first-order valence-corrected chi connectivity index (χ1v) is 9.04. The fourth-order valence-electron chi connectivity index (χ4n) is 2.44. The van der Waals surface area contributed by atoms with E-state index < -0.39 is 0 Å². The summed E-state index contributed by atoms with van der Waals surface area (Å²) in [6.45, 7) is 10.2. The van der Waals surface area contributed by atoms with Gasteiger partial charge in [0.25, 0.3) is 0 Å². The first-order valence-electron chi connectivity index (χ1n) is 9.04. The summed E-state index contributed by atoms with van der Waals surface area (Å²) in [4.78, 5) is 8.63. The van der Waals surface area contributed by atoms with E-state index in [1.165, 1.54) is 12.1 Å². The van der Waals surface area contributed by atoms with Crippen molar-refractivity contribution in [3.63, 3.8) is 0 Å². The van der Waals surface area contributed by atoms with Gasteiger partial charge in [-0.25, -0.2) is 14.4 Å². The third-order valence-electron chi connectivity index (χ3n) is 3.88. The molecule has 0 saturated heterocycles. The average molecular weight is 361 g/mol. The molecule has 26 heavy (non-hydrogen) atoms. The zero-order valence-electron chi connectivity index (χ0n) is 16.0. The van der Waals surface area contributed by atoms with Crippen LogP contribution in [-0.2, 0) is 4.74 Å². The second kappa shape index (κ2) is 10.1. The Labute approximate surface area is 155 Å². The summed E-state index contributed by atoms with van der Waals surface area (Å²) < 4.78 is 24.6. The largest absolute Gasteiger partial charge is 0.491 e. The second-order valence-corrected chi connectivity index (χ2v) is 6.68. The molecule has 0 fully saturated rings. The zero-order chi connectivity index (χ0) is 18.9. The molecule has 0 aliphatic rings. The van der Waals surface area contributed by atoms with Crippen molar-refractivity contribution in [1.29, 1.82) is 0 Å². The van der Waals surface area contributed by atoms with Crippen LogP contribution in [0, 0.1) is 5.82 Å². The van der Waals surface area contributed by atoms with Gasteiger partial charge in [-0.05, 0) is 29.5 Å². The van der Waals surface area contributed by atoms with Gasteiger partial charge in [0.15, 0.2) is 0 Å². The molecule has 0 atom stereocenters. The molecule has 0 spiro atoms. The van der Waals surface area contributed by atoms with Gasteiger partial charge in [0.2, 0.25) is 5.95 Å². The molecule has 1 heterocycles. The Balaban J connectivity index is 1.67. The minimum absolute atomic E-state index is 0.275. The van der Waals surface area contributed by atoms with Crippen LogP contribution in [-0.4, -0.2) is 36.3 Å². The van der Waals surface area contributed by atoms with Gasteiger partial charge in [-0.2, -0.15) is 0 Å². The minimum Gasteiger partial charge on any atom is -0.491 e. The van der Waals surface area contributed by atoms with Gasteiger partial charge in [-0.1, -0.05) is 33.8 Å². The predicted octanol–water partition coefficient (Wildman–Crippen LogP) is 4.37. The van der Waals surface area contributed by atoms with E-state index in [0.29, 0.717) is 44.0 Å². The summed E-state index contributed by atoms with van der Waals surface area (Å²) in [5.74, 6) is 1.54. The van der Waals surface area contributed by atoms with E-state index in [1.54, 1.807) is 12.3 Å². The van der Waals surface area contributed by atoms with E-state index in [2.05, 4.69) is 43.0 Å². The molecule has 5 nitrogen and oxygen atoms in total. The van der Waals surface area contributed by atoms with Crippen molar-refractivity contribution < 1.29 is 13.9 Å². The van der Waals surface area contributed by atoms with Crippen molar-refractivity contribution in [3.05, 3.63) is 47.5 Å². The number of hydrogen-bond acceptors (Lipinski definition) is 5. The quantitative estimate of drug-likeness (QED) is 0.637. The van der Waals surface area contributed by atoms with Crippen molar-refractivity contribution >= 4 is 5.95 Å². The highest BCUT2D eigenvalue weighted by molar-refractivity contribution is 5.36. The number of nitrogens with one attached hydrogen (secondary N) is 1. The maximum Gasteiger partial charge on any atom is 0.222 e. The maximum atomic E-state index is 13.4. The van der Waals surface area contributed by atoms with Gasteiger partial charge in [0, 0.05) is 24.5 Å². The van der Waals surface area contributed by atoms with Gasteiger partial charge in [-0.15, -0.1) is 0 Å². The lowest BCUT2D eigenvalue weighted by atomic mass is 10.0. The Morgan fingerprint density at radius 3 is 2.58 bits per heavy atom. The Morgan fingerprint density at radius 1 is 1.04 bits per heavy atom. The van der Waals surface area contributed by atoms with Crippen LogP contribution in [0.15, 0.2) is 30.5 Å². The van der Waals surface area contributed by atoms with Crippen molar-refractivity contribution in [2.75, 3.05) is 31.7 Å². The highest BCUT2D eigenvalue weighted by Gasteiger charge is 2.09. The molecule has 2 rings (SSSR count). The van der Waals surface area contributed by atoms with Crippen LogP contribution in [0.4, 0.5) is 10.3 Å². The molecule has 1 aromatic heterocycles. The summed E-state index contributed by atoms with van der Waals surface area (Å²) in [6, 6.07) is 6.57. The number of nitrogens with zero attached hydrogens (tertiary/aromatic N) is 2. The second-order valence-electron chi connectivity index (χ2n) is 6.68. The van der Waals surface area contributed by atoms with E-state index in [-0.39, 0.29) is 11.7 Å². The van der Waals surface area contributed by atoms with Gasteiger partial charge < -0.3 is 14.8 Å². The van der Waals surface area contributed by atoms with Crippen molar-refractivity contribution in [1.82, 2.24) is 9.97 Å². The Hall–Kier alpha value is -2.21. The Kier molecular flexibility index (Phi) is 7.78. The molecule has 0 bridgehead atoms. The highest BCUT2D eigenvalue weighted by Crippen LogP contribution is 2.27. The van der Waals surface area contributed by atoms with Gasteiger partial charge in [-0.3, -0.25) is 0 Å². The lowest BCUT2D eigenvalue weighted by Gasteiger charge is -2.14. The summed E-state index contributed by atoms with van der Waals surface area (Å²) in [7, 11) is 0. The highest BCUT2D eigenvalue weighted by atomic mass is 19.1. The lowest BCUT2D eigenvalue weighted by molar-refractivity contribution is 0.107. The first-order chi connectivity index (χ1) is 12.5. The normalized spacial score (nSPS) is 11.2. The van der Waals surface area contributed by atoms with Crippen molar-refractivity contribution in [2.45, 2.75) is 39.5 Å². The number of benzene rings is 1. The van der Waals surface area contributed by atoms with E-state index in [0.717, 1.165) is 11.3 Å². The molecule has 142 valence electrons. The Bertz CT molecular complexity index is 693. The molecular weight excluding hydrogens is 333 g/mol. The van der Waals surface area contributed by atoms with Crippen LogP contribution in [0.1, 0.15) is 50.8 Å². The minimum atomic E-state index is -0.293. The SMILES string of the molecule is CC(C)c1ccnc(NCCOCCOc2cc(F)ccc2C(C)C)n1. The van der Waals surface area contributed by atoms with Gasteiger partial charge in [0.05, 0.1) is 13.2 Å². The molecule has 0 aliphatic carbocycles. The van der Waals surface area contributed by atoms with Crippen LogP contribution >= 0.6 is 0 Å². The number of anilines is 1. The van der Waals surface area contributed by atoms with Crippen LogP contribution < -0.4 is 10.1 Å². The number of halogens is 1. The molecule has 1 aromatic carbocycles. The van der Waals surface area contributed by atoms with E-state index in [4.69, 9.17) is 9.47 Å². The number of ether oxygens (including phenoxy) is 2. The monoisotopic (exact) mass is 361 g/mol. The predicted molar refractivity (Wildman–Crippen MR) is 101 cm³/mol. The summed E-state index contributed by atoms with van der Waals surface area (Å²) in [6.07, 6.45) is 1.75. The summed E-state index contributed by atoms with van der Waals surface area (Å²) >= 11 is 0. The topological polar surface area (TPSA) is 56.3 Å². The summed E-state index contributed by atoms with van der Waals surface area (Å²) in [5, 5.41) is 3.14. The van der Waals surface area contributed by atoms with Crippen LogP contribution in [0.3, 0.4) is 0 Å².